The lowest BCUT2D eigenvalue weighted by atomic mass is 9.98. The molecule has 1 saturated carbocycles. The van der Waals surface area contributed by atoms with Crippen molar-refractivity contribution in [2.75, 3.05) is 0 Å². The minimum absolute atomic E-state index is 0.0412. The molecule has 5 rings (SSSR count). The van der Waals surface area contributed by atoms with Crippen molar-refractivity contribution in [1.29, 1.82) is 0 Å². The van der Waals surface area contributed by atoms with Crippen molar-refractivity contribution in [2.45, 2.75) is 57.6 Å². The standard InChI is InChI=1S/C29H30N2O4/c1-19(15-28(33)34)21-10-12-25(13-11-21)35-18-20-9-14-26-27(16-20)31(23-6-2-3-7-23)30-29(26)22-5-4-8-24(32)17-22/h4-5,8-14,16-17,19,23,32H,2-3,6-7,15,18H2,1H3,(H,33,34). The highest BCUT2D eigenvalue weighted by Crippen LogP contribution is 2.37. The van der Waals surface area contributed by atoms with Crippen LogP contribution in [0, 0.1) is 0 Å². The van der Waals surface area contributed by atoms with Crippen molar-refractivity contribution in [3.05, 3.63) is 77.9 Å². The van der Waals surface area contributed by atoms with Crippen LogP contribution in [0.25, 0.3) is 22.2 Å². The van der Waals surface area contributed by atoms with Gasteiger partial charge in [-0.3, -0.25) is 9.48 Å². The monoisotopic (exact) mass is 470 g/mol. The van der Waals surface area contributed by atoms with Crippen LogP contribution in [-0.2, 0) is 11.4 Å². The van der Waals surface area contributed by atoms with Gasteiger partial charge in [0.1, 0.15) is 23.8 Å². The van der Waals surface area contributed by atoms with Crippen molar-refractivity contribution in [3.63, 3.8) is 0 Å². The molecule has 0 spiro atoms. The first-order valence-corrected chi connectivity index (χ1v) is 12.2. The fraction of sp³-hybridized carbons (Fsp3) is 0.310. The smallest absolute Gasteiger partial charge is 0.303 e. The summed E-state index contributed by atoms with van der Waals surface area (Å²) in [5.41, 5.74) is 4.94. The molecule has 0 aliphatic heterocycles. The summed E-state index contributed by atoms with van der Waals surface area (Å²) in [7, 11) is 0. The van der Waals surface area contributed by atoms with Gasteiger partial charge in [-0.25, -0.2) is 0 Å². The molecule has 3 aromatic carbocycles. The molecule has 4 aromatic rings. The van der Waals surface area contributed by atoms with Crippen LogP contribution in [0.4, 0.5) is 0 Å². The predicted molar refractivity (Wildman–Crippen MR) is 136 cm³/mol. The average molecular weight is 471 g/mol. The maximum Gasteiger partial charge on any atom is 0.303 e. The lowest BCUT2D eigenvalue weighted by Gasteiger charge is -2.13. The number of carbonyl (C=O) groups is 1. The highest BCUT2D eigenvalue weighted by atomic mass is 16.5. The first-order chi connectivity index (χ1) is 17.0. The quantitative estimate of drug-likeness (QED) is 0.300. The molecule has 0 saturated heterocycles. The summed E-state index contributed by atoms with van der Waals surface area (Å²) < 4.78 is 8.22. The van der Waals surface area contributed by atoms with Gasteiger partial charge in [-0.05, 0) is 60.2 Å². The molecule has 1 atom stereocenters. The maximum absolute atomic E-state index is 11.0. The molecule has 2 N–H and O–H groups in total. The van der Waals surface area contributed by atoms with Crippen LogP contribution in [0.5, 0.6) is 11.5 Å². The SMILES string of the molecule is CC(CC(=O)O)c1ccc(OCc2ccc3c(-c4cccc(O)c4)nn(C4CCCC4)c3c2)cc1. The molecule has 0 radical (unpaired) electrons. The van der Waals surface area contributed by atoms with Gasteiger partial charge in [0.05, 0.1) is 18.0 Å². The Bertz CT molecular complexity index is 1340. The summed E-state index contributed by atoms with van der Waals surface area (Å²) in [6, 6.07) is 21.7. The van der Waals surface area contributed by atoms with Gasteiger partial charge in [-0.15, -0.1) is 0 Å². The Morgan fingerprint density at radius 3 is 2.57 bits per heavy atom. The molecule has 180 valence electrons. The third-order valence-corrected chi connectivity index (χ3v) is 6.90. The Morgan fingerprint density at radius 1 is 1.09 bits per heavy atom. The molecule has 35 heavy (non-hydrogen) atoms. The number of nitrogens with zero attached hydrogens (tertiary/aromatic N) is 2. The van der Waals surface area contributed by atoms with E-state index in [-0.39, 0.29) is 18.1 Å². The highest BCUT2D eigenvalue weighted by molar-refractivity contribution is 5.94. The van der Waals surface area contributed by atoms with Crippen LogP contribution >= 0.6 is 0 Å². The van der Waals surface area contributed by atoms with Crippen molar-refractivity contribution in [3.8, 4) is 22.8 Å². The number of benzene rings is 3. The van der Waals surface area contributed by atoms with Gasteiger partial charge in [0.15, 0.2) is 0 Å². The summed E-state index contributed by atoms with van der Waals surface area (Å²) in [6.07, 6.45) is 4.81. The van der Waals surface area contributed by atoms with E-state index in [4.69, 9.17) is 14.9 Å². The molecular weight excluding hydrogens is 440 g/mol. The Labute approximate surface area is 204 Å². The first kappa shape index (κ1) is 23.0. The van der Waals surface area contributed by atoms with Crippen molar-refractivity contribution >= 4 is 16.9 Å². The number of aromatic hydroxyl groups is 1. The summed E-state index contributed by atoms with van der Waals surface area (Å²) in [5, 5.41) is 25.1. The molecule has 1 aliphatic rings. The van der Waals surface area contributed by atoms with Gasteiger partial charge in [-0.2, -0.15) is 5.10 Å². The van der Waals surface area contributed by atoms with E-state index < -0.39 is 5.97 Å². The average Bonchev–Trinajstić information content (AvgIpc) is 3.50. The van der Waals surface area contributed by atoms with E-state index in [1.807, 2.05) is 43.3 Å². The van der Waals surface area contributed by atoms with E-state index in [1.165, 1.54) is 12.8 Å². The number of phenols is 1. The third-order valence-electron chi connectivity index (χ3n) is 6.90. The maximum atomic E-state index is 11.0. The molecule has 6 heteroatoms. The lowest BCUT2D eigenvalue weighted by molar-refractivity contribution is -0.137. The largest absolute Gasteiger partial charge is 0.508 e. The normalized spacial score (nSPS) is 14.9. The molecule has 0 amide bonds. The van der Waals surface area contributed by atoms with E-state index in [0.717, 1.165) is 51.9 Å². The van der Waals surface area contributed by atoms with Gasteiger partial charge < -0.3 is 14.9 Å². The lowest BCUT2D eigenvalue weighted by Crippen LogP contribution is -2.06. The van der Waals surface area contributed by atoms with Crippen LogP contribution < -0.4 is 4.74 Å². The van der Waals surface area contributed by atoms with Crippen molar-refractivity contribution in [2.24, 2.45) is 0 Å². The zero-order valence-corrected chi connectivity index (χ0v) is 19.9. The second-order valence-electron chi connectivity index (χ2n) is 9.49. The van der Waals surface area contributed by atoms with Gasteiger partial charge in [-0.1, -0.05) is 56.2 Å². The Kier molecular flexibility index (Phi) is 6.45. The van der Waals surface area contributed by atoms with E-state index >= 15 is 0 Å². The summed E-state index contributed by atoms with van der Waals surface area (Å²) in [6.45, 7) is 2.34. The van der Waals surface area contributed by atoms with Gasteiger partial charge in [0, 0.05) is 10.9 Å². The van der Waals surface area contributed by atoms with Gasteiger partial charge in [0.25, 0.3) is 0 Å². The zero-order valence-electron chi connectivity index (χ0n) is 19.9. The number of ether oxygens (including phenoxy) is 1. The molecule has 1 unspecified atom stereocenters. The fourth-order valence-electron chi connectivity index (χ4n) is 5.00. The number of aliphatic carboxylic acids is 1. The fourth-order valence-corrected chi connectivity index (χ4v) is 5.00. The molecule has 1 aromatic heterocycles. The topological polar surface area (TPSA) is 84.6 Å². The van der Waals surface area contributed by atoms with E-state index in [9.17, 15) is 9.90 Å². The second kappa shape index (κ2) is 9.82. The Balaban J connectivity index is 1.39. The first-order valence-electron chi connectivity index (χ1n) is 12.2. The Hall–Kier alpha value is -3.80. The zero-order chi connectivity index (χ0) is 24.4. The van der Waals surface area contributed by atoms with Crippen LogP contribution in [0.1, 0.15) is 62.1 Å². The number of rotatable bonds is 8. The second-order valence-corrected chi connectivity index (χ2v) is 9.49. The van der Waals surface area contributed by atoms with Crippen LogP contribution in [-0.4, -0.2) is 26.0 Å². The number of carboxylic acid groups (broad SMARTS) is 1. The van der Waals surface area contributed by atoms with Gasteiger partial charge >= 0.3 is 5.97 Å². The van der Waals surface area contributed by atoms with E-state index in [1.54, 1.807) is 12.1 Å². The molecule has 1 aliphatic carbocycles. The van der Waals surface area contributed by atoms with Crippen LogP contribution in [0.15, 0.2) is 66.7 Å². The van der Waals surface area contributed by atoms with Crippen molar-refractivity contribution in [1.82, 2.24) is 9.78 Å². The minimum Gasteiger partial charge on any atom is -0.508 e. The van der Waals surface area contributed by atoms with Crippen LogP contribution in [0.3, 0.4) is 0 Å². The van der Waals surface area contributed by atoms with E-state index in [2.05, 4.69) is 22.9 Å². The number of carboxylic acids is 1. The number of phenolic OH excluding ortho intramolecular Hbond substituents is 1. The summed E-state index contributed by atoms with van der Waals surface area (Å²) in [5.74, 6) is 0.151. The molecule has 1 heterocycles. The number of hydrogen-bond acceptors (Lipinski definition) is 4. The Morgan fingerprint density at radius 2 is 1.86 bits per heavy atom. The highest BCUT2D eigenvalue weighted by Gasteiger charge is 2.22. The summed E-state index contributed by atoms with van der Waals surface area (Å²) >= 11 is 0. The van der Waals surface area contributed by atoms with Gasteiger partial charge in [0.2, 0.25) is 0 Å². The summed E-state index contributed by atoms with van der Waals surface area (Å²) in [4.78, 5) is 11.0. The molecule has 6 nitrogen and oxygen atoms in total. The third kappa shape index (κ3) is 5.02. The van der Waals surface area contributed by atoms with Crippen LogP contribution in [0.2, 0.25) is 0 Å². The predicted octanol–water partition coefficient (Wildman–Crippen LogP) is 6.68. The molecule has 1 fully saturated rings. The van der Waals surface area contributed by atoms with Crippen molar-refractivity contribution < 1.29 is 19.7 Å². The molecule has 0 bridgehead atoms. The number of hydrogen-bond donors (Lipinski definition) is 2. The number of aromatic nitrogens is 2. The van der Waals surface area contributed by atoms with E-state index in [0.29, 0.717) is 12.6 Å². The number of fused-ring (bicyclic) bond motifs is 1. The minimum atomic E-state index is -0.794. The molecular formula is C29H30N2O4.